The van der Waals surface area contributed by atoms with Crippen molar-refractivity contribution in [1.29, 1.82) is 0 Å². The highest BCUT2D eigenvalue weighted by Gasteiger charge is 2.71. The quantitative estimate of drug-likeness (QED) is 0.822. The van der Waals surface area contributed by atoms with Gasteiger partial charge in [0.2, 0.25) is 0 Å². The lowest BCUT2D eigenvalue weighted by molar-refractivity contribution is -0.189. The Morgan fingerprint density at radius 3 is 2.41 bits per heavy atom. The summed E-state index contributed by atoms with van der Waals surface area (Å²) in [6.45, 7) is -0.544. The molecule has 92 valence electrons. The van der Waals surface area contributed by atoms with E-state index in [1.807, 2.05) is 0 Å². The first-order valence-electron chi connectivity index (χ1n) is 4.99. The summed E-state index contributed by atoms with van der Waals surface area (Å²) in [5.74, 6) is -1.13. The summed E-state index contributed by atoms with van der Waals surface area (Å²) >= 11 is 0. The molecule has 0 bridgehead atoms. The van der Waals surface area contributed by atoms with E-state index in [1.54, 1.807) is 30.3 Å². The Kier molecular flexibility index (Phi) is 2.82. The maximum Gasteiger partial charge on any atom is 0.428 e. The number of hydrogen-bond acceptors (Lipinski definition) is 2. The molecule has 1 aliphatic heterocycles. The Bertz CT molecular complexity index is 412. The van der Waals surface area contributed by atoms with Gasteiger partial charge in [0.15, 0.2) is 0 Å². The van der Waals surface area contributed by atoms with E-state index in [9.17, 15) is 18.0 Å². The number of halogens is 3. The van der Waals surface area contributed by atoms with E-state index < -0.39 is 24.3 Å². The van der Waals surface area contributed by atoms with Gasteiger partial charge in [0, 0.05) is 6.54 Å². The van der Waals surface area contributed by atoms with Crippen molar-refractivity contribution < 1.29 is 22.7 Å². The number of benzene rings is 1. The second kappa shape index (κ2) is 4.03. The molecule has 1 atom stereocenters. The molecule has 1 amide bonds. The molecule has 1 saturated heterocycles. The highest BCUT2D eigenvalue weighted by atomic mass is 19.4. The molecule has 0 aliphatic carbocycles. The Morgan fingerprint density at radius 2 is 1.94 bits per heavy atom. The van der Waals surface area contributed by atoms with Crippen molar-refractivity contribution in [3.05, 3.63) is 35.9 Å². The third-order valence-corrected chi connectivity index (χ3v) is 2.55. The molecule has 0 spiro atoms. The average Bonchev–Trinajstić information content (AvgIpc) is 3.07. The van der Waals surface area contributed by atoms with E-state index in [4.69, 9.17) is 0 Å². The van der Waals surface area contributed by atoms with Crippen LogP contribution in [0.3, 0.4) is 0 Å². The van der Waals surface area contributed by atoms with Crippen LogP contribution in [0.15, 0.2) is 30.3 Å². The van der Waals surface area contributed by atoms with Crippen molar-refractivity contribution >= 4 is 5.91 Å². The molecule has 1 aromatic carbocycles. The average molecular weight is 245 g/mol. The van der Waals surface area contributed by atoms with Crippen LogP contribution in [0, 0.1) is 0 Å². The predicted octanol–water partition coefficient (Wildman–Crippen LogP) is 1.63. The van der Waals surface area contributed by atoms with E-state index >= 15 is 0 Å². The molecule has 1 aromatic rings. The highest BCUT2D eigenvalue weighted by Crippen LogP contribution is 2.43. The summed E-state index contributed by atoms with van der Waals surface area (Å²) in [6.07, 6.45) is -4.66. The van der Waals surface area contributed by atoms with Gasteiger partial charge >= 0.3 is 6.18 Å². The highest BCUT2D eigenvalue weighted by molar-refractivity contribution is 5.88. The van der Waals surface area contributed by atoms with E-state index in [0.717, 1.165) is 5.56 Å². The Hall–Kier alpha value is -1.56. The van der Waals surface area contributed by atoms with Crippen molar-refractivity contribution in [2.45, 2.75) is 18.3 Å². The third kappa shape index (κ3) is 2.26. The molecule has 1 N–H and O–H groups in total. The predicted molar refractivity (Wildman–Crippen MR) is 53.0 cm³/mol. The molecule has 6 heteroatoms. The topological polar surface area (TPSA) is 41.6 Å². The third-order valence-electron chi connectivity index (χ3n) is 2.55. The zero-order chi connectivity index (χ0) is 12.5. The SMILES string of the molecule is O=C(NCc1ccccc1)[C@@]1(C(F)(F)F)CO1. The van der Waals surface area contributed by atoms with Crippen molar-refractivity contribution in [3.8, 4) is 0 Å². The normalized spacial score (nSPS) is 23.2. The molecule has 0 unspecified atom stereocenters. The number of carbonyl (C=O) groups excluding carboxylic acids is 1. The van der Waals surface area contributed by atoms with Crippen LogP contribution in [0.25, 0.3) is 0 Å². The maximum absolute atomic E-state index is 12.5. The van der Waals surface area contributed by atoms with E-state index in [-0.39, 0.29) is 6.54 Å². The van der Waals surface area contributed by atoms with Gasteiger partial charge in [0.1, 0.15) is 0 Å². The number of alkyl halides is 3. The number of amides is 1. The molecule has 2 rings (SSSR count). The second-order valence-electron chi connectivity index (χ2n) is 3.78. The van der Waals surface area contributed by atoms with Gasteiger partial charge in [0.05, 0.1) is 6.61 Å². The summed E-state index contributed by atoms with van der Waals surface area (Å²) in [7, 11) is 0. The molecule has 1 fully saturated rings. The summed E-state index contributed by atoms with van der Waals surface area (Å²) in [5.41, 5.74) is -1.89. The molecular weight excluding hydrogens is 235 g/mol. The molecular formula is C11H10F3NO2. The van der Waals surface area contributed by atoms with Gasteiger partial charge in [-0.15, -0.1) is 0 Å². The minimum atomic E-state index is -4.66. The van der Waals surface area contributed by atoms with Crippen molar-refractivity contribution in [2.24, 2.45) is 0 Å². The van der Waals surface area contributed by atoms with Gasteiger partial charge in [-0.2, -0.15) is 13.2 Å². The Balaban J connectivity index is 1.95. The molecule has 1 aliphatic rings. The molecule has 0 saturated carbocycles. The number of rotatable bonds is 3. The van der Waals surface area contributed by atoms with Crippen LogP contribution in [0.2, 0.25) is 0 Å². The summed E-state index contributed by atoms with van der Waals surface area (Å²) in [5, 5.41) is 2.22. The van der Waals surface area contributed by atoms with Crippen LogP contribution < -0.4 is 5.32 Å². The number of ether oxygens (including phenoxy) is 1. The summed E-state index contributed by atoms with van der Waals surface area (Å²) in [6, 6.07) is 8.71. The first-order chi connectivity index (χ1) is 7.96. The maximum atomic E-state index is 12.5. The van der Waals surface area contributed by atoms with Gasteiger partial charge in [-0.05, 0) is 5.56 Å². The first-order valence-corrected chi connectivity index (χ1v) is 4.99. The fourth-order valence-corrected chi connectivity index (χ4v) is 1.42. The van der Waals surface area contributed by atoms with Gasteiger partial charge < -0.3 is 10.1 Å². The van der Waals surface area contributed by atoms with Crippen LogP contribution in [0.1, 0.15) is 5.56 Å². The van der Waals surface area contributed by atoms with E-state index in [1.165, 1.54) is 0 Å². The number of epoxide rings is 1. The minimum Gasteiger partial charge on any atom is -0.351 e. The summed E-state index contributed by atoms with van der Waals surface area (Å²) in [4.78, 5) is 11.4. The smallest absolute Gasteiger partial charge is 0.351 e. The molecule has 17 heavy (non-hydrogen) atoms. The number of hydrogen-bond donors (Lipinski definition) is 1. The lowest BCUT2D eigenvalue weighted by Crippen LogP contribution is -2.47. The lowest BCUT2D eigenvalue weighted by atomic mass is 10.1. The van der Waals surface area contributed by atoms with Crippen molar-refractivity contribution in [1.82, 2.24) is 5.32 Å². The zero-order valence-corrected chi connectivity index (χ0v) is 8.75. The van der Waals surface area contributed by atoms with E-state index in [0.29, 0.717) is 0 Å². The largest absolute Gasteiger partial charge is 0.428 e. The lowest BCUT2D eigenvalue weighted by Gasteiger charge is -2.15. The summed E-state index contributed by atoms with van der Waals surface area (Å²) < 4.78 is 41.7. The van der Waals surface area contributed by atoms with Crippen molar-refractivity contribution in [3.63, 3.8) is 0 Å². The van der Waals surface area contributed by atoms with Gasteiger partial charge in [-0.25, -0.2) is 0 Å². The van der Waals surface area contributed by atoms with Gasteiger partial charge in [0.25, 0.3) is 11.5 Å². The van der Waals surface area contributed by atoms with Crippen molar-refractivity contribution in [2.75, 3.05) is 6.61 Å². The van der Waals surface area contributed by atoms with Gasteiger partial charge in [-0.1, -0.05) is 30.3 Å². The molecule has 0 aromatic heterocycles. The Morgan fingerprint density at radius 1 is 1.35 bits per heavy atom. The zero-order valence-electron chi connectivity index (χ0n) is 8.75. The van der Waals surface area contributed by atoms with Crippen LogP contribution >= 0.6 is 0 Å². The molecule has 3 nitrogen and oxygen atoms in total. The Labute approximate surface area is 95.6 Å². The molecule has 1 heterocycles. The number of carbonyl (C=O) groups is 1. The van der Waals surface area contributed by atoms with Crippen LogP contribution in [-0.4, -0.2) is 24.3 Å². The van der Waals surface area contributed by atoms with Crippen LogP contribution in [-0.2, 0) is 16.1 Å². The standard InChI is InChI=1S/C11H10F3NO2/c12-11(13,14)10(7-17-10)9(16)15-6-8-4-2-1-3-5-8/h1-5H,6-7H2,(H,15,16)/t10-/m1/s1. The molecule has 0 radical (unpaired) electrons. The van der Waals surface area contributed by atoms with Gasteiger partial charge in [-0.3, -0.25) is 4.79 Å². The second-order valence-corrected chi connectivity index (χ2v) is 3.78. The minimum absolute atomic E-state index is 0.0564. The monoisotopic (exact) mass is 245 g/mol. The fraction of sp³-hybridized carbons (Fsp3) is 0.364. The first kappa shape index (κ1) is 11.9. The number of nitrogens with one attached hydrogen (secondary N) is 1. The van der Waals surface area contributed by atoms with Crippen LogP contribution in [0.5, 0.6) is 0 Å². The fourth-order valence-electron chi connectivity index (χ4n) is 1.42. The van der Waals surface area contributed by atoms with Crippen LogP contribution in [0.4, 0.5) is 13.2 Å². The van der Waals surface area contributed by atoms with E-state index in [2.05, 4.69) is 10.1 Å².